The van der Waals surface area contributed by atoms with E-state index in [0.29, 0.717) is 18.7 Å². The average molecular weight is 278 g/mol. The molecule has 0 spiro atoms. The van der Waals surface area contributed by atoms with Gasteiger partial charge in [0.2, 0.25) is 0 Å². The molecule has 2 N–H and O–H groups in total. The van der Waals surface area contributed by atoms with Crippen molar-refractivity contribution in [1.29, 1.82) is 0 Å². The van der Waals surface area contributed by atoms with Crippen LogP contribution in [-0.4, -0.2) is 65.3 Å². The highest BCUT2D eigenvalue weighted by Crippen LogP contribution is 2.18. The molecule has 0 aliphatic carbocycles. The van der Waals surface area contributed by atoms with Gasteiger partial charge in [-0.2, -0.15) is 0 Å². The summed E-state index contributed by atoms with van der Waals surface area (Å²) in [5.41, 5.74) is 0.376. The molecule has 1 heterocycles. The van der Waals surface area contributed by atoms with E-state index in [9.17, 15) is 9.90 Å². The fourth-order valence-corrected chi connectivity index (χ4v) is 2.45. The van der Waals surface area contributed by atoms with Crippen molar-refractivity contribution in [2.24, 2.45) is 0 Å². The van der Waals surface area contributed by atoms with Crippen LogP contribution in [0.25, 0.3) is 0 Å². The van der Waals surface area contributed by atoms with Gasteiger partial charge in [0.25, 0.3) is 5.91 Å². The van der Waals surface area contributed by atoms with Crippen molar-refractivity contribution in [1.82, 2.24) is 9.80 Å². The molecule has 1 aromatic rings. The molecule has 0 aromatic heterocycles. The second-order valence-corrected chi connectivity index (χ2v) is 5.08. The van der Waals surface area contributed by atoms with E-state index in [2.05, 4.69) is 4.90 Å². The molecule has 2 rings (SSSR count). The van der Waals surface area contributed by atoms with Crippen molar-refractivity contribution in [2.75, 3.05) is 39.3 Å². The largest absolute Gasteiger partial charge is 0.507 e. The van der Waals surface area contributed by atoms with Crippen LogP contribution in [0.1, 0.15) is 23.2 Å². The van der Waals surface area contributed by atoms with Crippen molar-refractivity contribution in [3.05, 3.63) is 29.8 Å². The number of para-hydroxylation sites is 1. The number of aromatic hydroxyl groups is 1. The molecule has 0 saturated carbocycles. The quantitative estimate of drug-likeness (QED) is 0.786. The number of rotatable bonds is 5. The summed E-state index contributed by atoms with van der Waals surface area (Å²) in [5.74, 6) is -0.0546. The first-order valence-corrected chi connectivity index (χ1v) is 7.13. The lowest BCUT2D eigenvalue weighted by Crippen LogP contribution is -2.48. The molecule has 20 heavy (non-hydrogen) atoms. The number of phenolic OH excluding ortho intramolecular Hbond substituents is 1. The summed E-state index contributed by atoms with van der Waals surface area (Å²) < 4.78 is 0. The number of phenols is 1. The van der Waals surface area contributed by atoms with E-state index >= 15 is 0 Å². The van der Waals surface area contributed by atoms with Crippen molar-refractivity contribution < 1.29 is 15.0 Å². The first-order chi connectivity index (χ1) is 9.72. The third-order valence-electron chi connectivity index (χ3n) is 3.68. The van der Waals surface area contributed by atoms with Gasteiger partial charge >= 0.3 is 0 Å². The highest BCUT2D eigenvalue weighted by Gasteiger charge is 2.23. The zero-order valence-corrected chi connectivity index (χ0v) is 11.7. The van der Waals surface area contributed by atoms with Gasteiger partial charge in [-0.25, -0.2) is 0 Å². The predicted octanol–water partition coefficient (Wildman–Crippen LogP) is 0.923. The Balaban J connectivity index is 1.85. The van der Waals surface area contributed by atoms with Crippen molar-refractivity contribution in [3.63, 3.8) is 0 Å². The molecule has 1 saturated heterocycles. The van der Waals surface area contributed by atoms with Gasteiger partial charge in [-0.05, 0) is 31.5 Å². The van der Waals surface area contributed by atoms with Crippen molar-refractivity contribution in [2.45, 2.75) is 12.8 Å². The van der Waals surface area contributed by atoms with E-state index in [-0.39, 0.29) is 18.3 Å². The number of benzene rings is 1. The third kappa shape index (κ3) is 3.71. The van der Waals surface area contributed by atoms with Crippen LogP contribution in [0.15, 0.2) is 24.3 Å². The van der Waals surface area contributed by atoms with Gasteiger partial charge in [-0.1, -0.05) is 12.1 Å². The molecule has 0 bridgehead atoms. The molecule has 0 unspecified atom stereocenters. The summed E-state index contributed by atoms with van der Waals surface area (Å²) in [5, 5.41) is 18.5. The number of piperazine rings is 1. The Bertz CT molecular complexity index is 442. The lowest BCUT2D eigenvalue weighted by atomic mass is 10.1. The highest BCUT2D eigenvalue weighted by molar-refractivity contribution is 5.96. The minimum absolute atomic E-state index is 0.0443. The molecule has 1 amide bonds. The minimum Gasteiger partial charge on any atom is -0.507 e. The number of carbonyl (C=O) groups is 1. The van der Waals surface area contributed by atoms with Crippen LogP contribution in [0.4, 0.5) is 0 Å². The van der Waals surface area contributed by atoms with Gasteiger partial charge in [-0.15, -0.1) is 0 Å². The molecule has 1 aliphatic rings. The van der Waals surface area contributed by atoms with E-state index in [1.54, 1.807) is 29.2 Å². The maximum absolute atomic E-state index is 12.3. The van der Waals surface area contributed by atoms with Crippen LogP contribution < -0.4 is 0 Å². The second kappa shape index (κ2) is 7.26. The van der Waals surface area contributed by atoms with Crippen LogP contribution in [0.3, 0.4) is 0 Å². The molecule has 1 aliphatic heterocycles. The third-order valence-corrected chi connectivity index (χ3v) is 3.68. The van der Waals surface area contributed by atoms with Crippen LogP contribution >= 0.6 is 0 Å². The van der Waals surface area contributed by atoms with Crippen LogP contribution in [0.5, 0.6) is 5.75 Å². The summed E-state index contributed by atoms with van der Waals surface area (Å²) >= 11 is 0. The molecule has 0 atom stereocenters. The Hall–Kier alpha value is -1.59. The zero-order valence-electron chi connectivity index (χ0n) is 11.7. The molecule has 1 fully saturated rings. The fraction of sp³-hybridized carbons (Fsp3) is 0.533. The van der Waals surface area contributed by atoms with Gasteiger partial charge in [0, 0.05) is 32.8 Å². The SMILES string of the molecule is O=C(c1ccccc1O)N1CCN(CCCCO)CC1. The molecule has 0 radical (unpaired) electrons. The summed E-state index contributed by atoms with van der Waals surface area (Å²) in [6, 6.07) is 6.67. The lowest BCUT2D eigenvalue weighted by molar-refractivity contribution is 0.0631. The number of amides is 1. The lowest BCUT2D eigenvalue weighted by Gasteiger charge is -2.34. The number of carbonyl (C=O) groups excluding carboxylic acids is 1. The number of hydrogen-bond acceptors (Lipinski definition) is 4. The number of nitrogens with zero attached hydrogens (tertiary/aromatic N) is 2. The minimum atomic E-state index is -0.0990. The first kappa shape index (κ1) is 14.8. The van der Waals surface area contributed by atoms with E-state index < -0.39 is 0 Å². The van der Waals surface area contributed by atoms with E-state index in [1.165, 1.54) is 0 Å². The van der Waals surface area contributed by atoms with E-state index in [1.807, 2.05) is 0 Å². The number of hydrogen-bond donors (Lipinski definition) is 2. The monoisotopic (exact) mass is 278 g/mol. The van der Waals surface area contributed by atoms with Crippen LogP contribution in [0.2, 0.25) is 0 Å². The van der Waals surface area contributed by atoms with Gasteiger partial charge in [0.1, 0.15) is 5.75 Å². The van der Waals surface area contributed by atoms with E-state index in [4.69, 9.17) is 5.11 Å². The fourth-order valence-electron chi connectivity index (χ4n) is 2.45. The molecule has 1 aromatic carbocycles. The van der Waals surface area contributed by atoms with Gasteiger partial charge < -0.3 is 15.1 Å². The number of aliphatic hydroxyl groups is 1. The average Bonchev–Trinajstić information content (AvgIpc) is 2.48. The van der Waals surface area contributed by atoms with Crippen molar-refractivity contribution >= 4 is 5.91 Å². The zero-order chi connectivity index (χ0) is 14.4. The first-order valence-electron chi connectivity index (χ1n) is 7.13. The molecule has 5 nitrogen and oxygen atoms in total. The Morgan fingerprint density at radius 3 is 2.45 bits per heavy atom. The maximum atomic E-state index is 12.3. The number of aliphatic hydroxyl groups excluding tert-OH is 1. The van der Waals surface area contributed by atoms with Gasteiger partial charge in [0.15, 0.2) is 0 Å². The van der Waals surface area contributed by atoms with E-state index in [0.717, 1.165) is 32.5 Å². The molecular weight excluding hydrogens is 256 g/mol. The standard InChI is InChI=1S/C15H22N2O3/c18-12-4-3-7-16-8-10-17(11-9-16)15(20)13-5-1-2-6-14(13)19/h1-2,5-6,18-19H,3-4,7-12H2. The topological polar surface area (TPSA) is 64.0 Å². The summed E-state index contributed by atoms with van der Waals surface area (Å²) in [4.78, 5) is 16.4. The van der Waals surface area contributed by atoms with Crippen molar-refractivity contribution in [3.8, 4) is 5.75 Å². The second-order valence-electron chi connectivity index (χ2n) is 5.08. The summed E-state index contributed by atoms with van der Waals surface area (Å²) in [6.45, 7) is 4.29. The molecule has 5 heteroatoms. The van der Waals surface area contributed by atoms with Gasteiger partial charge in [0.05, 0.1) is 5.56 Å². The Kier molecular flexibility index (Phi) is 5.38. The van der Waals surface area contributed by atoms with Crippen LogP contribution in [-0.2, 0) is 0 Å². The predicted molar refractivity (Wildman–Crippen MR) is 76.8 cm³/mol. The Labute approximate surface area is 119 Å². The summed E-state index contributed by atoms with van der Waals surface area (Å²) in [7, 11) is 0. The Morgan fingerprint density at radius 2 is 1.80 bits per heavy atom. The summed E-state index contributed by atoms with van der Waals surface area (Å²) in [6.07, 6.45) is 1.82. The smallest absolute Gasteiger partial charge is 0.257 e. The highest BCUT2D eigenvalue weighted by atomic mass is 16.3. The Morgan fingerprint density at radius 1 is 1.10 bits per heavy atom. The van der Waals surface area contributed by atoms with Crippen LogP contribution in [0, 0.1) is 0 Å². The van der Waals surface area contributed by atoms with Gasteiger partial charge in [-0.3, -0.25) is 9.69 Å². The normalized spacial score (nSPS) is 16.4. The maximum Gasteiger partial charge on any atom is 0.257 e. The molecule has 110 valence electrons. The number of unbranched alkanes of at least 4 members (excludes halogenated alkanes) is 1. The molecular formula is C15H22N2O3.